The number of esters is 1. The summed E-state index contributed by atoms with van der Waals surface area (Å²) < 4.78 is 32.7. The van der Waals surface area contributed by atoms with Crippen molar-refractivity contribution in [1.29, 1.82) is 0 Å². The van der Waals surface area contributed by atoms with Crippen molar-refractivity contribution in [3.8, 4) is 0 Å². The second kappa shape index (κ2) is 6.86. The van der Waals surface area contributed by atoms with E-state index in [2.05, 4.69) is 25.8 Å². The van der Waals surface area contributed by atoms with Gasteiger partial charge in [-0.15, -0.1) is 0 Å². The van der Waals surface area contributed by atoms with Gasteiger partial charge in [0.1, 0.15) is 6.61 Å². The molecule has 0 saturated carbocycles. The highest BCUT2D eigenvalue weighted by Gasteiger charge is 2.19. The number of alkyl halides is 2. The van der Waals surface area contributed by atoms with E-state index in [9.17, 15) is 13.6 Å². The normalized spacial score (nSPS) is 11.9. The third-order valence-corrected chi connectivity index (χ3v) is 4.18. The Kier molecular flexibility index (Phi) is 4.76. The number of hydrogen-bond acceptors (Lipinski definition) is 3. The Labute approximate surface area is 150 Å². The molecule has 0 spiro atoms. The lowest BCUT2D eigenvalue weighted by atomic mass is 9.87. The summed E-state index contributed by atoms with van der Waals surface area (Å²) in [6.07, 6.45) is 0. The predicted octanol–water partition coefficient (Wildman–Crippen LogP) is 5.09. The van der Waals surface area contributed by atoms with Crippen molar-refractivity contribution in [1.82, 2.24) is 9.55 Å². The number of benzene rings is 2. The van der Waals surface area contributed by atoms with E-state index in [1.165, 1.54) is 0 Å². The molecule has 0 aliphatic carbocycles. The Bertz CT molecular complexity index is 925. The van der Waals surface area contributed by atoms with Crippen LogP contribution in [-0.4, -0.2) is 15.5 Å². The summed E-state index contributed by atoms with van der Waals surface area (Å²) in [6, 6.07) is 13.7. The number of halogens is 2. The highest BCUT2D eigenvalue weighted by atomic mass is 19.3. The van der Waals surface area contributed by atoms with Gasteiger partial charge in [0.2, 0.25) is 0 Å². The van der Waals surface area contributed by atoms with Crippen LogP contribution in [0.3, 0.4) is 0 Å². The quantitative estimate of drug-likeness (QED) is 0.611. The lowest BCUT2D eigenvalue weighted by Gasteiger charge is -2.18. The smallest absolute Gasteiger partial charge is 0.338 e. The minimum Gasteiger partial charge on any atom is -0.454 e. The van der Waals surface area contributed by atoms with Crippen LogP contribution in [0.25, 0.3) is 11.0 Å². The van der Waals surface area contributed by atoms with Gasteiger partial charge in [-0.3, -0.25) is 4.57 Å². The average Bonchev–Trinajstić information content (AvgIpc) is 2.97. The number of nitrogens with zero attached hydrogens (tertiary/aromatic N) is 2. The molecule has 0 fully saturated rings. The second-order valence-corrected chi connectivity index (χ2v) is 7.07. The maximum Gasteiger partial charge on any atom is 0.338 e. The topological polar surface area (TPSA) is 44.1 Å². The van der Waals surface area contributed by atoms with E-state index >= 15 is 0 Å². The van der Waals surface area contributed by atoms with Crippen LogP contribution in [0, 0.1) is 0 Å². The molecule has 1 heterocycles. The first kappa shape index (κ1) is 18.0. The number of carbonyl (C=O) groups is 1. The van der Waals surface area contributed by atoms with Gasteiger partial charge in [0.15, 0.2) is 5.82 Å². The molecule has 0 N–H and O–H groups in total. The van der Waals surface area contributed by atoms with Gasteiger partial charge in [0.25, 0.3) is 0 Å². The van der Waals surface area contributed by atoms with E-state index in [1.807, 2.05) is 12.1 Å². The first-order valence-corrected chi connectivity index (χ1v) is 8.29. The van der Waals surface area contributed by atoms with Crippen molar-refractivity contribution in [3.63, 3.8) is 0 Å². The average molecular weight is 358 g/mol. The molecule has 0 saturated heterocycles. The van der Waals surface area contributed by atoms with E-state index < -0.39 is 12.5 Å². The Morgan fingerprint density at radius 1 is 1.12 bits per heavy atom. The molecule has 0 bridgehead atoms. The molecule has 0 radical (unpaired) electrons. The van der Waals surface area contributed by atoms with Crippen molar-refractivity contribution >= 4 is 17.0 Å². The summed E-state index contributed by atoms with van der Waals surface area (Å²) in [5.74, 6) is -0.556. The van der Waals surface area contributed by atoms with Gasteiger partial charge in [0.05, 0.1) is 16.6 Å². The summed E-state index contributed by atoms with van der Waals surface area (Å²) in [6.45, 7) is 3.15. The number of ether oxygens (including phenoxy) is 1. The van der Waals surface area contributed by atoms with Gasteiger partial charge in [0, 0.05) is 0 Å². The molecule has 3 rings (SSSR count). The molecular formula is C20H20F2N2O2. The maximum absolute atomic E-state index is 13.4. The van der Waals surface area contributed by atoms with Crippen molar-refractivity contribution in [2.24, 2.45) is 0 Å². The first-order chi connectivity index (χ1) is 12.3. The summed E-state index contributed by atoms with van der Waals surface area (Å²) in [5, 5.41) is 0. The van der Waals surface area contributed by atoms with Gasteiger partial charge >= 0.3 is 12.5 Å². The van der Waals surface area contributed by atoms with Crippen molar-refractivity contribution in [2.75, 3.05) is 0 Å². The standard InChI is InChI=1S/C20H20F2N2O2/c1-20(2,3)14-10-8-13(9-11-14)18(25)26-12-17-23-15-6-4-5-7-16(15)24(17)19(21)22/h4-11,19H,12H2,1-3H3. The van der Waals surface area contributed by atoms with E-state index in [4.69, 9.17) is 4.74 Å². The van der Waals surface area contributed by atoms with Crippen LogP contribution in [0.15, 0.2) is 48.5 Å². The number of imidazole rings is 1. The zero-order chi connectivity index (χ0) is 18.9. The summed E-state index contributed by atoms with van der Waals surface area (Å²) in [4.78, 5) is 16.4. The molecule has 2 aromatic carbocycles. The largest absolute Gasteiger partial charge is 0.454 e. The van der Waals surface area contributed by atoms with Gasteiger partial charge in [-0.05, 0) is 35.2 Å². The molecule has 0 amide bonds. The first-order valence-electron chi connectivity index (χ1n) is 8.29. The number of fused-ring (bicyclic) bond motifs is 1. The summed E-state index contributed by atoms with van der Waals surface area (Å²) in [7, 11) is 0. The van der Waals surface area contributed by atoms with Crippen molar-refractivity contribution < 1.29 is 18.3 Å². The molecule has 4 nitrogen and oxygen atoms in total. The Balaban J connectivity index is 1.78. The fourth-order valence-electron chi connectivity index (χ4n) is 2.73. The predicted molar refractivity (Wildman–Crippen MR) is 95.2 cm³/mol. The fraction of sp³-hybridized carbons (Fsp3) is 0.300. The Morgan fingerprint density at radius 2 is 1.77 bits per heavy atom. The van der Waals surface area contributed by atoms with Crippen LogP contribution < -0.4 is 0 Å². The Hall–Kier alpha value is -2.76. The van der Waals surface area contributed by atoms with Gasteiger partial charge in [-0.2, -0.15) is 8.78 Å². The van der Waals surface area contributed by atoms with Crippen molar-refractivity contribution in [3.05, 3.63) is 65.5 Å². The number of carbonyl (C=O) groups excluding carboxylic acids is 1. The maximum atomic E-state index is 13.4. The van der Waals surface area contributed by atoms with Gasteiger partial charge in [-0.25, -0.2) is 9.78 Å². The number of hydrogen-bond donors (Lipinski definition) is 0. The number of para-hydroxylation sites is 2. The molecule has 6 heteroatoms. The summed E-state index contributed by atoms with van der Waals surface area (Å²) >= 11 is 0. The van der Waals surface area contributed by atoms with Gasteiger partial charge < -0.3 is 4.74 Å². The zero-order valence-electron chi connectivity index (χ0n) is 14.9. The molecule has 1 aromatic heterocycles. The molecule has 136 valence electrons. The fourth-order valence-corrected chi connectivity index (χ4v) is 2.73. The molecular weight excluding hydrogens is 338 g/mol. The van der Waals surface area contributed by atoms with Crippen LogP contribution in [0.4, 0.5) is 8.78 Å². The highest BCUT2D eigenvalue weighted by molar-refractivity contribution is 5.89. The molecule has 26 heavy (non-hydrogen) atoms. The van der Waals surface area contributed by atoms with Crippen LogP contribution in [-0.2, 0) is 16.8 Å². The third-order valence-electron chi connectivity index (χ3n) is 4.18. The number of aromatic nitrogens is 2. The summed E-state index contributed by atoms with van der Waals surface area (Å²) in [5.41, 5.74) is 2.19. The van der Waals surface area contributed by atoms with Crippen LogP contribution >= 0.6 is 0 Å². The monoisotopic (exact) mass is 358 g/mol. The minimum absolute atomic E-state index is 0.0147. The van der Waals surface area contributed by atoms with E-state index in [1.54, 1.807) is 36.4 Å². The SMILES string of the molecule is CC(C)(C)c1ccc(C(=O)OCc2nc3ccccc3n2C(F)F)cc1. The van der Waals surface area contributed by atoms with Gasteiger partial charge in [-0.1, -0.05) is 45.0 Å². The van der Waals surface area contributed by atoms with Crippen LogP contribution in [0.2, 0.25) is 0 Å². The van der Waals surface area contributed by atoms with Crippen LogP contribution in [0.1, 0.15) is 49.1 Å². The molecule has 3 aromatic rings. The second-order valence-electron chi connectivity index (χ2n) is 7.07. The third kappa shape index (κ3) is 3.59. The van der Waals surface area contributed by atoms with E-state index in [-0.39, 0.29) is 17.8 Å². The molecule has 0 aliphatic heterocycles. The van der Waals surface area contributed by atoms with Crippen molar-refractivity contribution in [2.45, 2.75) is 39.3 Å². The lowest BCUT2D eigenvalue weighted by molar-refractivity contribution is 0.0387. The van der Waals surface area contributed by atoms with Crippen LogP contribution in [0.5, 0.6) is 0 Å². The Morgan fingerprint density at radius 3 is 2.38 bits per heavy atom. The molecule has 0 atom stereocenters. The molecule has 0 unspecified atom stereocenters. The lowest BCUT2D eigenvalue weighted by Crippen LogP contribution is -2.13. The molecule has 0 aliphatic rings. The highest BCUT2D eigenvalue weighted by Crippen LogP contribution is 2.24. The minimum atomic E-state index is -2.76. The zero-order valence-corrected chi connectivity index (χ0v) is 14.9. The van der Waals surface area contributed by atoms with E-state index in [0.29, 0.717) is 16.6 Å². The van der Waals surface area contributed by atoms with E-state index in [0.717, 1.165) is 10.1 Å². The number of rotatable bonds is 4.